The highest BCUT2D eigenvalue weighted by atomic mass is 32.1. The number of rotatable bonds is 5. The zero-order chi connectivity index (χ0) is 14.4. The summed E-state index contributed by atoms with van der Waals surface area (Å²) in [6.07, 6.45) is 0.163. The lowest BCUT2D eigenvalue weighted by molar-refractivity contribution is -0.116. The Kier molecular flexibility index (Phi) is 5.48. The van der Waals surface area contributed by atoms with Crippen LogP contribution in [0.4, 0.5) is 5.00 Å². The molecule has 6 nitrogen and oxygen atoms in total. The largest absolute Gasteiger partial charge is 0.462 e. The van der Waals surface area contributed by atoms with Gasteiger partial charge in [0, 0.05) is 13.0 Å². The Bertz CT molecular complexity index is 531. The monoisotopic (exact) mass is 281 g/mol. The molecule has 19 heavy (non-hydrogen) atoms. The molecule has 0 bridgehead atoms. The molecule has 0 radical (unpaired) electrons. The molecule has 3 N–H and O–H groups in total. The van der Waals surface area contributed by atoms with Gasteiger partial charge in [-0.3, -0.25) is 4.79 Å². The van der Waals surface area contributed by atoms with E-state index in [1.807, 2.05) is 6.07 Å². The lowest BCUT2D eigenvalue weighted by Gasteiger charge is -2.00. The summed E-state index contributed by atoms with van der Waals surface area (Å²) in [5.41, 5.74) is 6.09. The van der Waals surface area contributed by atoms with Gasteiger partial charge in [-0.2, -0.15) is 5.26 Å². The fourth-order valence-electron chi connectivity index (χ4n) is 1.45. The Balaban J connectivity index is 3.06. The van der Waals surface area contributed by atoms with E-state index in [0.717, 1.165) is 11.3 Å². The van der Waals surface area contributed by atoms with Gasteiger partial charge in [-0.1, -0.05) is 0 Å². The first kappa shape index (κ1) is 15.1. The van der Waals surface area contributed by atoms with E-state index in [1.165, 1.54) is 0 Å². The Morgan fingerprint density at radius 2 is 2.21 bits per heavy atom. The van der Waals surface area contributed by atoms with Crippen LogP contribution in [-0.2, 0) is 9.53 Å². The summed E-state index contributed by atoms with van der Waals surface area (Å²) in [6.45, 7) is 3.84. The van der Waals surface area contributed by atoms with E-state index < -0.39 is 5.97 Å². The number of esters is 1. The van der Waals surface area contributed by atoms with Gasteiger partial charge in [0.1, 0.15) is 15.9 Å². The highest BCUT2D eigenvalue weighted by Gasteiger charge is 2.21. The van der Waals surface area contributed by atoms with Crippen molar-refractivity contribution < 1.29 is 14.3 Å². The second-order valence-electron chi connectivity index (χ2n) is 3.68. The minimum Gasteiger partial charge on any atom is -0.462 e. The number of nitrogens with zero attached hydrogens (tertiary/aromatic N) is 1. The lowest BCUT2D eigenvalue weighted by atomic mass is 10.2. The van der Waals surface area contributed by atoms with Crippen molar-refractivity contribution in [2.24, 2.45) is 5.73 Å². The van der Waals surface area contributed by atoms with Crippen molar-refractivity contribution >= 4 is 28.2 Å². The maximum Gasteiger partial charge on any atom is 0.348 e. The first-order chi connectivity index (χ1) is 9.04. The molecule has 0 aliphatic rings. The van der Waals surface area contributed by atoms with Crippen LogP contribution in [0.2, 0.25) is 0 Å². The molecule has 0 atom stereocenters. The van der Waals surface area contributed by atoms with Crippen LogP contribution in [0.1, 0.15) is 34.1 Å². The summed E-state index contributed by atoms with van der Waals surface area (Å²) in [5.74, 6) is -0.767. The van der Waals surface area contributed by atoms with Gasteiger partial charge >= 0.3 is 5.97 Å². The number of carbonyl (C=O) groups excluding carboxylic acids is 2. The van der Waals surface area contributed by atoms with Crippen LogP contribution in [-0.4, -0.2) is 25.0 Å². The van der Waals surface area contributed by atoms with Crippen molar-refractivity contribution in [2.75, 3.05) is 18.5 Å². The Hall–Kier alpha value is -1.91. The predicted octanol–water partition coefficient (Wildman–Crippen LogP) is 1.39. The van der Waals surface area contributed by atoms with Crippen LogP contribution in [0.25, 0.3) is 0 Å². The maximum atomic E-state index is 11.7. The summed E-state index contributed by atoms with van der Waals surface area (Å²) >= 11 is 1.04. The van der Waals surface area contributed by atoms with E-state index in [2.05, 4.69) is 5.32 Å². The molecule has 7 heteroatoms. The number of hydrogen-bond donors (Lipinski definition) is 2. The standard InChI is InChI=1S/C12H15N3O3S/c1-3-18-12(17)10-7(2)8(6-14)11(19-10)15-9(16)4-5-13/h3-5,13H2,1-2H3,(H,15,16). The van der Waals surface area contributed by atoms with Crippen molar-refractivity contribution in [3.05, 3.63) is 16.0 Å². The Labute approximate surface area is 115 Å². The van der Waals surface area contributed by atoms with E-state index in [0.29, 0.717) is 21.0 Å². The molecule has 0 aliphatic carbocycles. The summed E-state index contributed by atoms with van der Waals surface area (Å²) in [7, 11) is 0. The normalized spacial score (nSPS) is 9.79. The zero-order valence-electron chi connectivity index (χ0n) is 10.8. The summed E-state index contributed by atoms with van der Waals surface area (Å²) in [4.78, 5) is 23.5. The average molecular weight is 281 g/mol. The smallest absolute Gasteiger partial charge is 0.348 e. The number of nitrogens with one attached hydrogen (secondary N) is 1. The number of nitrogens with two attached hydrogens (primary N) is 1. The second kappa shape index (κ2) is 6.87. The van der Waals surface area contributed by atoms with Crippen molar-refractivity contribution in [1.29, 1.82) is 5.26 Å². The Morgan fingerprint density at radius 1 is 1.53 bits per heavy atom. The Morgan fingerprint density at radius 3 is 2.74 bits per heavy atom. The molecular weight excluding hydrogens is 266 g/mol. The molecule has 1 heterocycles. The third-order valence-electron chi connectivity index (χ3n) is 2.34. The van der Waals surface area contributed by atoms with Crippen LogP contribution in [0.5, 0.6) is 0 Å². The first-order valence-corrected chi connectivity index (χ1v) is 6.57. The van der Waals surface area contributed by atoms with E-state index >= 15 is 0 Å². The van der Waals surface area contributed by atoms with Gasteiger partial charge in [-0.25, -0.2) is 4.79 Å². The topological polar surface area (TPSA) is 105 Å². The van der Waals surface area contributed by atoms with E-state index in [-0.39, 0.29) is 25.5 Å². The van der Waals surface area contributed by atoms with E-state index in [1.54, 1.807) is 13.8 Å². The molecule has 1 aromatic heterocycles. The minimum absolute atomic E-state index is 0.163. The third-order valence-corrected chi connectivity index (χ3v) is 3.53. The van der Waals surface area contributed by atoms with Gasteiger partial charge in [0.15, 0.2) is 0 Å². The molecule has 0 aliphatic heterocycles. The van der Waals surface area contributed by atoms with E-state index in [4.69, 9.17) is 15.7 Å². The van der Waals surface area contributed by atoms with Crippen LogP contribution < -0.4 is 11.1 Å². The number of carbonyl (C=O) groups is 2. The van der Waals surface area contributed by atoms with Gasteiger partial charge in [0.05, 0.1) is 12.2 Å². The molecule has 1 amide bonds. The molecule has 0 saturated carbocycles. The van der Waals surface area contributed by atoms with Crippen molar-refractivity contribution in [3.63, 3.8) is 0 Å². The van der Waals surface area contributed by atoms with Crippen molar-refractivity contribution in [3.8, 4) is 6.07 Å². The maximum absolute atomic E-state index is 11.7. The van der Waals surface area contributed by atoms with Crippen molar-refractivity contribution in [2.45, 2.75) is 20.3 Å². The van der Waals surface area contributed by atoms with Gasteiger partial charge in [-0.15, -0.1) is 11.3 Å². The molecule has 0 spiro atoms. The van der Waals surface area contributed by atoms with Gasteiger partial charge in [0.2, 0.25) is 5.91 Å². The summed E-state index contributed by atoms with van der Waals surface area (Å²) < 4.78 is 4.90. The SMILES string of the molecule is CCOC(=O)c1sc(NC(=O)CCN)c(C#N)c1C. The van der Waals surface area contributed by atoms with Crippen molar-refractivity contribution in [1.82, 2.24) is 0 Å². The fraction of sp³-hybridized carbons (Fsp3) is 0.417. The quantitative estimate of drug-likeness (QED) is 0.793. The van der Waals surface area contributed by atoms with Crippen LogP contribution in [0.15, 0.2) is 0 Å². The molecule has 0 unspecified atom stereocenters. The fourth-order valence-corrected chi connectivity index (χ4v) is 2.51. The molecule has 0 fully saturated rings. The van der Waals surface area contributed by atoms with Crippen LogP contribution in [0, 0.1) is 18.3 Å². The number of ether oxygens (including phenoxy) is 1. The van der Waals surface area contributed by atoms with Crippen LogP contribution in [0.3, 0.4) is 0 Å². The molecule has 102 valence electrons. The number of nitriles is 1. The molecule has 0 saturated heterocycles. The number of anilines is 1. The van der Waals surface area contributed by atoms with Crippen LogP contribution >= 0.6 is 11.3 Å². The second-order valence-corrected chi connectivity index (χ2v) is 4.70. The predicted molar refractivity (Wildman–Crippen MR) is 72.0 cm³/mol. The third kappa shape index (κ3) is 3.53. The first-order valence-electron chi connectivity index (χ1n) is 5.75. The summed E-state index contributed by atoms with van der Waals surface area (Å²) in [5, 5.41) is 12.0. The molecule has 1 rings (SSSR count). The lowest BCUT2D eigenvalue weighted by Crippen LogP contribution is -2.16. The molecule has 1 aromatic rings. The summed E-state index contributed by atoms with van der Waals surface area (Å²) in [6, 6.07) is 1.99. The molecular formula is C12H15N3O3S. The minimum atomic E-state index is -0.485. The number of thiophene rings is 1. The molecule has 0 aromatic carbocycles. The van der Waals surface area contributed by atoms with Gasteiger partial charge in [-0.05, 0) is 19.4 Å². The highest BCUT2D eigenvalue weighted by molar-refractivity contribution is 7.18. The number of hydrogen-bond acceptors (Lipinski definition) is 6. The van der Waals surface area contributed by atoms with Gasteiger partial charge in [0.25, 0.3) is 0 Å². The van der Waals surface area contributed by atoms with Gasteiger partial charge < -0.3 is 15.8 Å². The average Bonchev–Trinajstić information content (AvgIpc) is 2.66. The zero-order valence-corrected chi connectivity index (χ0v) is 11.6. The number of amides is 1. The van der Waals surface area contributed by atoms with E-state index in [9.17, 15) is 9.59 Å². The highest BCUT2D eigenvalue weighted by Crippen LogP contribution is 2.33.